The Hall–Kier alpha value is -2.07. The van der Waals surface area contributed by atoms with Crippen LogP contribution in [-0.2, 0) is 19.4 Å². The molecular weight excluding hydrogens is 446 g/mol. The average molecular weight is 468 g/mol. The lowest BCUT2D eigenvalue weighted by molar-refractivity contribution is -0.122. The molecule has 30 heavy (non-hydrogen) atoms. The Morgan fingerprint density at radius 3 is 2.63 bits per heavy atom. The number of hydrogen-bond acceptors (Lipinski definition) is 6. The molecule has 0 saturated carbocycles. The zero-order chi connectivity index (χ0) is 21.9. The number of halogens is 1. The number of aryl methyl sites for hydroxylation is 2. The van der Waals surface area contributed by atoms with E-state index in [1.807, 2.05) is 32.0 Å². The fourth-order valence-corrected chi connectivity index (χ4v) is 5.53. The van der Waals surface area contributed by atoms with Gasteiger partial charge in [-0.25, -0.2) is 8.42 Å². The van der Waals surface area contributed by atoms with Crippen molar-refractivity contribution in [1.29, 1.82) is 0 Å². The zero-order valence-electron chi connectivity index (χ0n) is 16.4. The number of sulfone groups is 1. The third kappa shape index (κ3) is 5.34. The molecule has 0 aliphatic carbocycles. The third-order valence-corrected chi connectivity index (χ3v) is 8.05. The van der Waals surface area contributed by atoms with Crippen molar-refractivity contribution in [2.75, 3.05) is 17.6 Å². The first-order valence-electron chi connectivity index (χ1n) is 9.19. The Kier molecular flexibility index (Phi) is 7.07. The number of carbonyl (C=O) groups is 2. The summed E-state index contributed by atoms with van der Waals surface area (Å²) in [5, 5.41) is 7.40. The van der Waals surface area contributed by atoms with Crippen LogP contribution in [0.1, 0.15) is 11.1 Å². The van der Waals surface area contributed by atoms with Gasteiger partial charge in [0.2, 0.25) is 11.8 Å². The van der Waals surface area contributed by atoms with Gasteiger partial charge in [0.25, 0.3) is 0 Å². The Morgan fingerprint density at radius 1 is 1.20 bits per heavy atom. The molecule has 2 amide bonds. The van der Waals surface area contributed by atoms with Gasteiger partial charge in [0.15, 0.2) is 15.1 Å². The molecule has 1 aliphatic rings. The molecular formula is C20H22ClN3O4S2. The molecule has 1 aliphatic heterocycles. The van der Waals surface area contributed by atoms with E-state index in [1.165, 1.54) is 30.0 Å². The molecule has 2 unspecified atom stereocenters. The summed E-state index contributed by atoms with van der Waals surface area (Å²) < 4.78 is 25.5. The first-order chi connectivity index (χ1) is 14.2. The molecule has 1 heterocycles. The van der Waals surface area contributed by atoms with Crippen molar-refractivity contribution >= 4 is 50.7 Å². The molecule has 160 valence electrons. The van der Waals surface area contributed by atoms with E-state index in [1.54, 1.807) is 6.07 Å². The number of anilines is 1. The van der Waals surface area contributed by atoms with Gasteiger partial charge in [0, 0.05) is 17.3 Å². The van der Waals surface area contributed by atoms with Crippen molar-refractivity contribution in [3.8, 4) is 0 Å². The molecule has 1 fully saturated rings. The Morgan fingerprint density at radius 2 is 1.97 bits per heavy atom. The Labute approximate surface area is 184 Å². The highest BCUT2D eigenvalue weighted by molar-refractivity contribution is 8.00. The van der Waals surface area contributed by atoms with Crippen LogP contribution in [0.15, 0.2) is 47.4 Å². The first-order valence-corrected chi connectivity index (χ1v) is 12.2. The van der Waals surface area contributed by atoms with Gasteiger partial charge >= 0.3 is 0 Å². The zero-order valence-corrected chi connectivity index (χ0v) is 18.8. The minimum atomic E-state index is -3.88. The highest BCUT2D eigenvalue weighted by Crippen LogP contribution is 2.22. The predicted octanol–water partition coefficient (Wildman–Crippen LogP) is 2.47. The molecule has 1 saturated heterocycles. The molecule has 7 nitrogen and oxygen atoms in total. The maximum absolute atomic E-state index is 12.7. The van der Waals surface area contributed by atoms with E-state index < -0.39 is 26.5 Å². The number of amides is 2. The largest absolute Gasteiger partial charge is 0.331 e. The summed E-state index contributed by atoms with van der Waals surface area (Å²) in [6.45, 7) is 3.90. The van der Waals surface area contributed by atoms with Crippen LogP contribution in [0.5, 0.6) is 0 Å². The third-order valence-electron chi connectivity index (χ3n) is 4.73. The van der Waals surface area contributed by atoms with Crippen LogP contribution >= 0.6 is 23.4 Å². The van der Waals surface area contributed by atoms with E-state index in [0.717, 1.165) is 11.1 Å². The monoisotopic (exact) mass is 467 g/mol. The molecule has 2 aromatic rings. The normalized spacial score (nSPS) is 19.2. The molecule has 0 aromatic heterocycles. The summed E-state index contributed by atoms with van der Waals surface area (Å²) in [4.78, 5) is 24.6. The van der Waals surface area contributed by atoms with E-state index in [0.29, 0.717) is 5.69 Å². The summed E-state index contributed by atoms with van der Waals surface area (Å²) in [7, 11) is -3.88. The van der Waals surface area contributed by atoms with E-state index in [4.69, 9.17) is 11.6 Å². The van der Waals surface area contributed by atoms with Gasteiger partial charge < -0.3 is 10.6 Å². The van der Waals surface area contributed by atoms with Crippen LogP contribution in [0, 0.1) is 13.8 Å². The highest BCUT2D eigenvalue weighted by atomic mass is 35.5. The predicted molar refractivity (Wildman–Crippen MR) is 119 cm³/mol. The van der Waals surface area contributed by atoms with Crippen molar-refractivity contribution in [3.05, 3.63) is 58.6 Å². The highest BCUT2D eigenvalue weighted by Gasteiger charge is 2.38. The molecule has 0 spiro atoms. The van der Waals surface area contributed by atoms with Crippen molar-refractivity contribution in [1.82, 2.24) is 10.6 Å². The summed E-state index contributed by atoms with van der Waals surface area (Å²) in [6, 6.07) is 11.5. The minimum Gasteiger partial charge on any atom is -0.331 e. The van der Waals surface area contributed by atoms with Crippen LogP contribution in [0.25, 0.3) is 0 Å². The molecule has 3 N–H and O–H groups in total. The van der Waals surface area contributed by atoms with E-state index in [-0.39, 0.29) is 28.1 Å². The summed E-state index contributed by atoms with van der Waals surface area (Å²) in [5.74, 6) is -0.731. The van der Waals surface area contributed by atoms with Crippen molar-refractivity contribution in [3.63, 3.8) is 0 Å². The summed E-state index contributed by atoms with van der Waals surface area (Å²) in [6.07, 6.45) is 0. The van der Waals surface area contributed by atoms with E-state index in [9.17, 15) is 18.0 Å². The lowest BCUT2D eigenvalue weighted by atomic mass is 10.1. The second-order valence-corrected chi connectivity index (χ2v) is 10.6. The van der Waals surface area contributed by atoms with Crippen LogP contribution in [0.3, 0.4) is 0 Å². The SMILES string of the molecule is Cc1ccc(NC(=O)CSC2NCC(S(=O)(=O)c3cccc(Cl)c3)C(=O)N2)cc1C. The fourth-order valence-electron chi connectivity index (χ4n) is 2.91. The smallest absolute Gasteiger partial charge is 0.241 e. The molecule has 3 rings (SSSR count). The summed E-state index contributed by atoms with van der Waals surface area (Å²) >= 11 is 7.05. The van der Waals surface area contributed by atoms with Crippen LogP contribution < -0.4 is 16.0 Å². The second-order valence-electron chi connectivity index (χ2n) is 6.95. The Bertz CT molecular complexity index is 1080. The molecule has 0 bridgehead atoms. The van der Waals surface area contributed by atoms with E-state index >= 15 is 0 Å². The molecule has 2 atom stereocenters. The van der Waals surface area contributed by atoms with Gasteiger partial charge in [-0.2, -0.15) is 0 Å². The number of carbonyl (C=O) groups excluding carboxylic acids is 2. The van der Waals surface area contributed by atoms with Gasteiger partial charge in [-0.15, -0.1) is 11.8 Å². The van der Waals surface area contributed by atoms with Crippen molar-refractivity contribution < 1.29 is 18.0 Å². The van der Waals surface area contributed by atoms with Crippen LogP contribution in [0.4, 0.5) is 5.69 Å². The lowest BCUT2D eigenvalue weighted by Crippen LogP contribution is -2.59. The molecule has 2 aromatic carbocycles. The van der Waals surface area contributed by atoms with E-state index in [2.05, 4.69) is 16.0 Å². The topological polar surface area (TPSA) is 104 Å². The number of rotatable bonds is 6. The number of benzene rings is 2. The van der Waals surface area contributed by atoms with Crippen LogP contribution in [-0.4, -0.2) is 43.3 Å². The number of nitrogens with one attached hydrogen (secondary N) is 3. The van der Waals surface area contributed by atoms with Crippen LogP contribution in [0.2, 0.25) is 5.02 Å². The second kappa shape index (κ2) is 9.38. The minimum absolute atomic E-state index is 0.00387. The first kappa shape index (κ1) is 22.6. The van der Waals surface area contributed by atoms with Crippen molar-refractivity contribution in [2.45, 2.75) is 29.5 Å². The maximum Gasteiger partial charge on any atom is 0.241 e. The van der Waals surface area contributed by atoms with Gasteiger partial charge in [-0.3, -0.25) is 14.9 Å². The van der Waals surface area contributed by atoms with Crippen molar-refractivity contribution in [2.24, 2.45) is 0 Å². The molecule has 10 heteroatoms. The van der Waals surface area contributed by atoms with Gasteiger partial charge in [-0.05, 0) is 55.3 Å². The van der Waals surface area contributed by atoms with Gasteiger partial charge in [-0.1, -0.05) is 23.7 Å². The quantitative estimate of drug-likeness (QED) is 0.603. The maximum atomic E-state index is 12.7. The summed E-state index contributed by atoms with van der Waals surface area (Å²) in [5.41, 5.74) is 2.36. The number of thioether (sulfide) groups is 1. The lowest BCUT2D eigenvalue weighted by Gasteiger charge is -2.29. The number of hydrogen-bond donors (Lipinski definition) is 3. The average Bonchev–Trinajstić information content (AvgIpc) is 2.69. The standard InChI is InChI=1S/C20H22ClN3O4S2/c1-12-6-7-15(8-13(12)2)23-18(25)11-29-20-22-10-17(19(26)24-20)30(27,28)16-5-3-4-14(21)9-16/h3-9,17,20,22H,10-11H2,1-2H3,(H,23,25)(H,24,26). The van der Waals surface area contributed by atoms with Gasteiger partial charge in [0.05, 0.1) is 10.6 Å². The Balaban J connectivity index is 1.54. The van der Waals surface area contributed by atoms with Gasteiger partial charge in [0.1, 0.15) is 5.50 Å². The molecule has 0 radical (unpaired) electrons. The fraction of sp³-hybridized carbons (Fsp3) is 0.300.